The van der Waals surface area contributed by atoms with Crippen molar-refractivity contribution in [3.63, 3.8) is 0 Å². The lowest BCUT2D eigenvalue weighted by Crippen LogP contribution is -2.47. The Balaban J connectivity index is 1.91. The predicted octanol–water partition coefficient (Wildman–Crippen LogP) is 2.03. The molecule has 2 aliphatic carbocycles. The maximum absolute atomic E-state index is 12.3. The Bertz CT molecular complexity index is 760. The van der Waals surface area contributed by atoms with Gasteiger partial charge in [-0.3, -0.25) is 4.98 Å². The van der Waals surface area contributed by atoms with Crippen molar-refractivity contribution in [2.75, 3.05) is 6.26 Å². The summed E-state index contributed by atoms with van der Waals surface area (Å²) >= 11 is 0. The highest BCUT2D eigenvalue weighted by Crippen LogP contribution is 2.59. The Morgan fingerprint density at radius 2 is 1.92 bits per heavy atom. The molecule has 1 N–H and O–H groups in total. The van der Waals surface area contributed by atoms with Gasteiger partial charge in [0.05, 0.1) is 23.6 Å². The van der Waals surface area contributed by atoms with Crippen LogP contribution in [0.4, 0.5) is 4.79 Å². The first-order valence-electron chi connectivity index (χ1n) is 8.02. The van der Waals surface area contributed by atoms with Crippen molar-refractivity contribution in [1.29, 1.82) is 0 Å². The highest BCUT2D eigenvalue weighted by molar-refractivity contribution is 7.90. The number of ether oxygens (including phenoxy) is 1. The van der Waals surface area contributed by atoms with Gasteiger partial charge in [-0.05, 0) is 51.9 Å². The van der Waals surface area contributed by atoms with Crippen LogP contribution < -0.4 is 5.32 Å². The number of carbonyl (C=O) groups is 1. The van der Waals surface area contributed by atoms with Crippen LogP contribution >= 0.6 is 0 Å². The molecule has 132 valence electrons. The van der Waals surface area contributed by atoms with Crippen molar-refractivity contribution in [3.05, 3.63) is 18.1 Å². The number of alkyl carbamates (subject to hydrolysis) is 1. The van der Waals surface area contributed by atoms with Crippen LogP contribution in [0.2, 0.25) is 0 Å². The van der Waals surface area contributed by atoms with E-state index in [0.717, 1.165) is 25.5 Å². The number of hydrogen-bond acceptors (Lipinski definition) is 6. The molecule has 2 fully saturated rings. The lowest BCUT2D eigenvalue weighted by molar-refractivity contribution is 0.0442. The predicted molar refractivity (Wildman–Crippen MR) is 87.0 cm³/mol. The zero-order valence-corrected chi connectivity index (χ0v) is 15.2. The number of carbonyl (C=O) groups excluding carboxylic acids is 1. The van der Waals surface area contributed by atoms with Gasteiger partial charge in [0.1, 0.15) is 5.60 Å². The molecule has 2 atom stereocenters. The SMILES string of the molecule is CC(C)(C)OC(=O)NC1(c2cncc(S(C)(=O)=O)n2)CC2CC2C1. The minimum absolute atomic E-state index is 0.0778. The summed E-state index contributed by atoms with van der Waals surface area (Å²) in [6, 6.07) is 0. The molecule has 7 nitrogen and oxygen atoms in total. The fraction of sp³-hybridized carbons (Fsp3) is 0.688. The molecule has 2 aliphatic rings. The molecule has 0 radical (unpaired) electrons. The quantitative estimate of drug-likeness (QED) is 0.893. The van der Waals surface area contributed by atoms with E-state index in [4.69, 9.17) is 4.74 Å². The average Bonchev–Trinajstić information content (AvgIpc) is 3.03. The summed E-state index contributed by atoms with van der Waals surface area (Å²) in [7, 11) is -3.46. The third kappa shape index (κ3) is 3.53. The van der Waals surface area contributed by atoms with Gasteiger partial charge >= 0.3 is 6.09 Å². The molecular formula is C16H23N3O4S. The van der Waals surface area contributed by atoms with Gasteiger partial charge in [0.2, 0.25) is 0 Å². The number of nitrogens with one attached hydrogen (secondary N) is 1. The molecule has 1 aromatic rings. The summed E-state index contributed by atoms with van der Waals surface area (Å²) in [6.07, 6.45) is 5.97. The van der Waals surface area contributed by atoms with Crippen molar-refractivity contribution in [3.8, 4) is 0 Å². The van der Waals surface area contributed by atoms with Crippen LogP contribution in [0.25, 0.3) is 0 Å². The monoisotopic (exact) mass is 353 g/mol. The van der Waals surface area contributed by atoms with Crippen LogP contribution in [-0.2, 0) is 20.1 Å². The van der Waals surface area contributed by atoms with Crippen molar-refractivity contribution >= 4 is 15.9 Å². The second-order valence-corrected chi connectivity index (χ2v) is 9.85. The molecule has 0 aliphatic heterocycles. The van der Waals surface area contributed by atoms with E-state index >= 15 is 0 Å². The van der Waals surface area contributed by atoms with E-state index in [0.29, 0.717) is 17.5 Å². The second-order valence-electron chi connectivity index (χ2n) is 7.89. The minimum atomic E-state index is -3.46. The molecule has 1 amide bonds. The molecule has 0 spiro atoms. The van der Waals surface area contributed by atoms with Crippen LogP contribution in [-0.4, -0.2) is 36.3 Å². The van der Waals surface area contributed by atoms with E-state index in [2.05, 4.69) is 15.3 Å². The van der Waals surface area contributed by atoms with Gasteiger partial charge in [-0.25, -0.2) is 18.2 Å². The highest BCUT2D eigenvalue weighted by atomic mass is 32.2. The van der Waals surface area contributed by atoms with Crippen molar-refractivity contribution < 1.29 is 17.9 Å². The van der Waals surface area contributed by atoms with Crippen molar-refractivity contribution in [1.82, 2.24) is 15.3 Å². The minimum Gasteiger partial charge on any atom is -0.444 e. The van der Waals surface area contributed by atoms with Gasteiger partial charge in [-0.15, -0.1) is 0 Å². The standard InChI is InChI=1S/C16H23N3O4S/c1-15(2,3)23-14(20)19-16(6-10-5-11(10)7-16)12-8-17-9-13(18-12)24(4,21)22/h8-11H,5-7H2,1-4H3,(H,19,20). The Morgan fingerprint density at radius 3 is 2.46 bits per heavy atom. The van der Waals surface area contributed by atoms with Gasteiger partial charge < -0.3 is 10.1 Å². The zero-order valence-electron chi connectivity index (χ0n) is 14.4. The van der Waals surface area contributed by atoms with E-state index < -0.39 is 27.1 Å². The molecule has 2 saturated carbocycles. The third-order valence-corrected chi connectivity index (χ3v) is 5.47. The number of amides is 1. The number of hydrogen-bond donors (Lipinski definition) is 1. The summed E-state index contributed by atoms with van der Waals surface area (Å²) in [5.41, 5.74) is -0.819. The summed E-state index contributed by atoms with van der Waals surface area (Å²) in [5, 5.41) is 2.87. The smallest absolute Gasteiger partial charge is 0.408 e. The Labute approximate surface area is 142 Å². The molecule has 8 heteroatoms. The van der Waals surface area contributed by atoms with Crippen molar-refractivity contribution in [2.45, 2.75) is 56.2 Å². The largest absolute Gasteiger partial charge is 0.444 e. The first-order valence-corrected chi connectivity index (χ1v) is 9.91. The summed E-state index contributed by atoms with van der Waals surface area (Å²) < 4.78 is 28.9. The normalized spacial score (nSPS) is 29.0. The molecular weight excluding hydrogens is 330 g/mol. The molecule has 1 aromatic heterocycles. The molecule has 24 heavy (non-hydrogen) atoms. The number of nitrogens with zero attached hydrogens (tertiary/aromatic N) is 2. The Kier molecular flexibility index (Phi) is 3.86. The second kappa shape index (κ2) is 5.40. The highest BCUT2D eigenvalue weighted by Gasteiger charge is 2.56. The van der Waals surface area contributed by atoms with Crippen LogP contribution in [0.15, 0.2) is 17.4 Å². The van der Waals surface area contributed by atoms with Crippen LogP contribution in [0.1, 0.15) is 45.7 Å². The van der Waals surface area contributed by atoms with Crippen molar-refractivity contribution in [2.24, 2.45) is 11.8 Å². The number of sulfone groups is 1. The summed E-state index contributed by atoms with van der Waals surface area (Å²) in [5.74, 6) is 1.09. The van der Waals surface area contributed by atoms with Crippen LogP contribution in [0, 0.1) is 11.8 Å². The number of fused-ring (bicyclic) bond motifs is 1. The van der Waals surface area contributed by atoms with Crippen LogP contribution in [0.5, 0.6) is 0 Å². The fourth-order valence-corrected chi connectivity index (χ4v) is 3.94. The first-order chi connectivity index (χ1) is 11.0. The van der Waals surface area contributed by atoms with E-state index in [1.807, 2.05) is 0 Å². The zero-order chi connectivity index (χ0) is 17.8. The maximum Gasteiger partial charge on any atom is 0.408 e. The van der Waals surface area contributed by atoms with Gasteiger partial charge in [-0.1, -0.05) is 0 Å². The maximum atomic E-state index is 12.3. The number of rotatable bonds is 3. The van der Waals surface area contributed by atoms with Gasteiger partial charge in [0.25, 0.3) is 0 Å². The molecule has 0 saturated heterocycles. The summed E-state index contributed by atoms with van der Waals surface area (Å²) in [6.45, 7) is 5.40. The lowest BCUT2D eigenvalue weighted by Gasteiger charge is -2.32. The van der Waals surface area contributed by atoms with Gasteiger partial charge in [-0.2, -0.15) is 0 Å². The summed E-state index contributed by atoms with van der Waals surface area (Å²) in [4.78, 5) is 20.6. The molecule has 0 bridgehead atoms. The van der Waals surface area contributed by atoms with Crippen LogP contribution in [0.3, 0.4) is 0 Å². The van der Waals surface area contributed by atoms with Gasteiger partial charge in [0, 0.05) is 6.26 Å². The van der Waals surface area contributed by atoms with E-state index in [1.54, 1.807) is 20.8 Å². The fourth-order valence-electron chi connectivity index (χ4n) is 3.42. The lowest BCUT2D eigenvalue weighted by atomic mass is 9.90. The average molecular weight is 353 g/mol. The third-order valence-electron chi connectivity index (χ3n) is 4.51. The van der Waals surface area contributed by atoms with E-state index in [9.17, 15) is 13.2 Å². The topological polar surface area (TPSA) is 98.2 Å². The molecule has 3 rings (SSSR count). The first kappa shape index (κ1) is 17.1. The van der Waals surface area contributed by atoms with E-state index in [1.165, 1.54) is 12.4 Å². The molecule has 1 heterocycles. The van der Waals surface area contributed by atoms with E-state index in [-0.39, 0.29) is 5.03 Å². The molecule has 2 unspecified atom stereocenters. The number of aromatic nitrogens is 2. The molecule has 0 aromatic carbocycles. The Morgan fingerprint density at radius 1 is 1.29 bits per heavy atom. The Hall–Kier alpha value is -1.70. The van der Waals surface area contributed by atoms with Gasteiger partial charge in [0.15, 0.2) is 14.9 Å².